The number of rotatable bonds is 7. The first-order valence-corrected chi connectivity index (χ1v) is 9.32. The van der Waals surface area contributed by atoms with Crippen LogP contribution in [0, 0.1) is 0 Å². The van der Waals surface area contributed by atoms with Gasteiger partial charge in [0.15, 0.2) is 6.61 Å². The molecule has 142 valence electrons. The van der Waals surface area contributed by atoms with Crippen molar-refractivity contribution < 1.29 is 9.53 Å². The Bertz CT molecular complexity index is 915. The van der Waals surface area contributed by atoms with Crippen LogP contribution < -0.4 is 10.2 Å². The molecule has 4 nitrogen and oxygen atoms in total. The minimum atomic E-state index is -0.304. The molecule has 0 saturated heterocycles. The van der Waals surface area contributed by atoms with E-state index in [0.717, 1.165) is 16.7 Å². The zero-order chi connectivity index (χ0) is 19.8. The maximum atomic E-state index is 11.9. The fraction of sp³-hybridized carbons (Fsp3) is 0.167. The van der Waals surface area contributed by atoms with Gasteiger partial charge in [-0.3, -0.25) is 4.79 Å². The third kappa shape index (κ3) is 5.55. The smallest absolute Gasteiger partial charge is 0.277 e. The molecule has 3 aromatic carbocycles. The highest BCUT2D eigenvalue weighted by Crippen LogP contribution is 2.22. The molecule has 0 aliphatic carbocycles. The summed E-state index contributed by atoms with van der Waals surface area (Å²) in [5, 5.41) is 3.98. The molecule has 0 bridgehead atoms. The summed E-state index contributed by atoms with van der Waals surface area (Å²) in [4.78, 5) is 11.9. The summed E-state index contributed by atoms with van der Waals surface area (Å²) < 4.78 is 5.52. The van der Waals surface area contributed by atoms with Crippen molar-refractivity contribution >= 4 is 12.1 Å². The van der Waals surface area contributed by atoms with Crippen LogP contribution in [0.3, 0.4) is 0 Å². The molecule has 28 heavy (non-hydrogen) atoms. The third-order valence-electron chi connectivity index (χ3n) is 4.34. The SMILES string of the molecule is CC(C)c1ccc(C=NNC(=O)COc2ccc(-c3ccccc3)cc2)cc1. The second kappa shape index (κ2) is 9.51. The Morgan fingerprint density at radius 2 is 1.57 bits per heavy atom. The molecule has 0 spiro atoms. The van der Waals surface area contributed by atoms with Crippen molar-refractivity contribution in [3.63, 3.8) is 0 Å². The van der Waals surface area contributed by atoms with Crippen molar-refractivity contribution in [3.05, 3.63) is 90.0 Å². The third-order valence-corrected chi connectivity index (χ3v) is 4.34. The summed E-state index contributed by atoms with van der Waals surface area (Å²) in [6.45, 7) is 4.21. The first-order valence-electron chi connectivity index (χ1n) is 9.32. The lowest BCUT2D eigenvalue weighted by atomic mass is 10.0. The number of hydrogen-bond donors (Lipinski definition) is 1. The van der Waals surface area contributed by atoms with Gasteiger partial charge in [-0.2, -0.15) is 5.10 Å². The highest BCUT2D eigenvalue weighted by molar-refractivity contribution is 5.83. The predicted octanol–water partition coefficient (Wildman–Crippen LogP) is 5.01. The quantitative estimate of drug-likeness (QED) is 0.468. The van der Waals surface area contributed by atoms with Crippen molar-refractivity contribution in [1.29, 1.82) is 0 Å². The van der Waals surface area contributed by atoms with E-state index >= 15 is 0 Å². The average Bonchev–Trinajstić information content (AvgIpc) is 2.73. The summed E-state index contributed by atoms with van der Waals surface area (Å²) in [7, 11) is 0. The largest absolute Gasteiger partial charge is 0.484 e. The van der Waals surface area contributed by atoms with Crippen LogP contribution in [0.2, 0.25) is 0 Å². The minimum absolute atomic E-state index is 0.0890. The van der Waals surface area contributed by atoms with E-state index < -0.39 is 0 Å². The fourth-order valence-corrected chi connectivity index (χ4v) is 2.70. The zero-order valence-electron chi connectivity index (χ0n) is 16.1. The number of hydrazone groups is 1. The summed E-state index contributed by atoms with van der Waals surface area (Å²) >= 11 is 0. The first-order chi connectivity index (χ1) is 13.6. The van der Waals surface area contributed by atoms with Crippen molar-refractivity contribution in [2.24, 2.45) is 5.10 Å². The molecular formula is C24H24N2O2. The molecule has 0 saturated carbocycles. The van der Waals surface area contributed by atoms with Gasteiger partial charge in [0, 0.05) is 0 Å². The number of nitrogens with one attached hydrogen (secondary N) is 1. The molecule has 0 radical (unpaired) electrons. The van der Waals surface area contributed by atoms with Crippen LogP contribution in [-0.2, 0) is 4.79 Å². The van der Waals surface area contributed by atoms with Gasteiger partial charge >= 0.3 is 0 Å². The van der Waals surface area contributed by atoms with Crippen LogP contribution in [0.15, 0.2) is 84.0 Å². The van der Waals surface area contributed by atoms with Crippen molar-refractivity contribution in [2.75, 3.05) is 6.61 Å². The first kappa shape index (κ1) is 19.4. The molecule has 0 aromatic heterocycles. The number of carbonyl (C=O) groups is 1. The standard InChI is InChI=1S/C24H24N2O2/c1-18(2)20-10-8-19(9-11-20)16-25-26-24(27)17-28-23-14-12-22(13-15-23)21-6-4-3-5-7-21/h3-16,18H,17H2,1-2H3,(H,26,27). The van der Waals surface area contributed by atoms with Crippen LogP contribution in [0.4, 0.5) is 0 Å². The number of nitrogens with zero attached hydrogens (tertiary/aromatic N) is 1. The van der Waals surface area contributed by atoms with Crippen LogP contribution >= 0.6 is 0 Å². The molecule has 0 atom stereocenters. The molecule has 0 unspecified atom stereocenters. The molecule has 3 aromatic rings. The number of ether oxygens (including phenoxy) is 1. The monoisotopic (exact) mass is 372 g/mol. The number of benzene rings is 3. The Morgan fingerprint density at radius 1 is 0.929 bits per heavy atom. The van der Waals surface area contributed by atoms with E-state index in [2.05, 4.69) is 48.6 Å². The van der Waals surface area contributed by atoms with E-state index in [4.69, 9.17) is 4.74 Å². The molecule has 4 heteroatoms. The van der Waals surface area contributed by atoms with Crippen LogP contribution in [0.5, 0.6) is 5.75 Å². The summed E-state index contributed by atoms with van der Waals surface area (Å²) in [6, 6.07) is 25.9. The van der Waals surface area contributed by atoms with E-state index in [9.17, 15) is 4.79 Å². The fourth-order valence-electron chi connectivity index (χ4n) is 2.70. The van der Waals surface area contributed by atoms with Crippen LogP contribution in [-0.4, -0.2) is 18.7 Å². The Hall–Kier alpha value is -3.40. The van der Waals surface area contributed by atoms with Gasteiger partial charge in [0.25, 0.3) is 5.91 Å². The van der Waals surface area contributed by atoms with Gasteiger partial charge in [-0.25, -0.2) is 5.43 Å². The summed E-state index contributed by atoms with van der Waals surface area (Å²) in [5.74, 6) is 0.829. The van der Waals surface area contributed by atoms with Gasteiger partial charge in [-0.15, -0.1) is 0 Å². The maximum absolute atomic E-state index is 11.9. The lowest BCUT2D eigenvalue weighted by Gasteiger charge is -2.07. The van der Waals surface area contributed by atoms with E-state index in [0.29, 0.717) is 11.7 Å². The van der Waals surface area contributed by atoms with Crippen LogP contribution in [0.1, 0.15) is 30.9 Å². The topological polar surface area (TPSA) is 50.7 Å². The molecule has 1 amide bonds. The summed E-state index contributed by atoms with van der Waals surface area (Å²) in [5.41, 5.74) is 6.93. The Morgan fingerprint density at radius 3 is 2.21 bits per heavy atom. The predicted molar refractivity (Wildman–Crippen MR) is 114 cm³/mol. The van der Waals surface area contributed by atoms with Crippen molar-refractivity contribution in [3.8, 4) is 16.9 Å². The maximum Gasteiger partial charge on any atom is 0.277 e. The average molecular weight is 372 g/mol. The lowest BCUT2D eigenvalue weighted by molar-refractivity contribution is -0.123. The molecule has 0 aliphatic rings. The molecular weight excluding hydrogens is 348 g/mol. The van der Waals surface area contributed by atoms with E-state index in [-0.39, 0.29) is 12.5 Å². The zero-order valence-corrected chi connectivity index (χ0v) is 16.1. The lowest BCUT2D eigenvalue weighted by Crippen LogP contribution is -2.24. The highest BCUT2D eigenvalue weighted by atomic mass is 16.5. The van der Waals surface area contributed by atoms with E-state index in [1.807, 2.05) is 54.6 Å². The van der Waals surface area contributed by atoms with Gasteiger partial charge in [-0.1, -0.05) is 80.6 Å². The number of carbonyl (C=O) groups excluding carboxylic acids is 1. The second-order valence-corrected chi connectivity index (χ2v) is 6.79. The normalized spacial score (nSPS) is 11.0. The van der Waals surface area contributed by atoms with E-state index in [1.165, 1.54) is 5.56 Å². The molecule has 3 rings (SSSR count). The van der Waals surface area contributed by atoms with E-state index in [1.54, 1.807) is 6.21 Å². The minimum Gasteiger partial charge on any atom is -0.484 e. The van der Waals surface area contributed by atoms with Gasteiger partial charge in [0.05, 0.1) is 6.21 Å². The van der Waals surface area contributed by atoms with Gasteiger partial charge in [-0.05, 0) is 40.3 Å². The highest BCUT2D eigenvalue weighted by Gasteiger charge is 2.03. The molecule has 0 aliphatic heterocycles. The van der Waals surface area contributed by atoms with Gasteiger partial charge in [0.2, 0.25) is 0 Å². The molecule has 1 N–H and O–H groups in total. The second-order valence-electron chi connectivity index (χ2n) is 6.79. The number of hydrogen-bond acceptors (Lipinski definition) is 3. The molecule has 0 heterocycles. The van der Waals surface area contributed by atoms with Crippen molar-refractivity contribution in [2.45, 2.75) is 19.8 Å². The number of amides is 1. The van der Waals surface area contributed by atoms with Gasteiger partial charge in [0.1, 0.15) is 5.75 Å². The Kier molecular flexibility index (Phi) is 6.58. The Balaban J connectivity index is 1.46. The Labute approximate surface area is 165 Å². The van der Waals surface area contributed by atoms with Crippen LogP contribution in [0.25, 0.3) is 11.1 Å². The summed E-state index contributed by atoms with van der Waals surface area (Å²) in [6.07, 6.45) is 1.62. The molecule has 0 fully saturated rings. The van der Waals surface area contributed by atoms with Gasteiger partial charge < -0.3 is 4.74 Å². The van der Waals surface area contributed by atoms with Crippen molar-refractivity contribution in [1.82, 2.24) is 5.43 Å².